The molecule has 13 nitrogen and oxygen atoms in total. The largest absolute Gasteiger partial charge is 0.459 e. The molecule has 2 bridgehead atoms. The SMILES string of the molecule is CCCC(CCC(C)C1OC(=O)C(C)NC(=O)C(C(C)CCO)N(C)C(=O)C2(C)CN(O2)C(=O)C(C)NC(=O)C1(C)C)OC. The maximum atomic E-state index is 13.7. The lowest BCUT2D eigenvalue weighted by atomic mass is 9.77. The van der Waals surface area contributed by atoms with E-state index in [1.807, 2.05) is 6.92 Å². The fourth-order valence-electron chi connectivity index (χ4n) is 6.07. The number of rotatable bonds is 10. The Hall–Kier alpha value is -2.77. The van der Waals surface area contributed by atoms with Crippen LogP contribution in [0, 0.1) is 17.3 Å². The molecule has 44 heavy (non-hydrogen) atoms. The third-order valence-corrected chi connectivity index (χ3v) is 8.96. The van der Waals surface area contributed by atoms with Gasteiger partial charge in [0.15, 0.2) is 5.60 Å². The van der Waals surface area contributed by atoms with Crippen LogP contribution in [0.2, 0.25) is 0 Å². The molecule has 8 atom stereocenters. The van der Waals surface area contributed by atoms with Gasteiger partial charge in [0, 0.05) is 20.8 Å². The Labute approximate surface area is 261 Å². The summed E-state index contributed by atoms with van der Waals surface area (Å²) in [5.74, 6) is -3.71. The van der Waals surface area contributed by atoms with Crippen LogP contribution in [0.3, 0.4) is 0 Å². The predicted octanol–water partition coefficient (Wildman–Crippen LogP) is 1.56. The average Bonchev–Trinajstić information content (AvgIpc) is 2.94. The minimum Gasteiger partial charge on any atom is -0.459 e. The monoisotopic (exact) mass is 626 g/mol. The highest BCUT2D eigenvalue weighted by Crippen LogP contribution is 2.34. The molecule has 3 aliphatic rings. The van der Waals surface area contributed by atoms with Crippen LogP contribution in [0.25, 0.3) is 0 Å². The van der Waals surface area contributed by atoms with Crippen molar-refractivity contribution in [3.8, 4) is 0 Å². The summed E-state index contributed by atoms with van der Waals surface area (Å²) < 4.78 is 11.6. The van der Waals surface area contributed by atoms with Crippen molar-refractivity contribution in [2.24, 2.45) is 17.3 Å². The molecule has 3 rings (SSSR count). The van der Waals surface area contributed by atoms with Crippen LogP contribution in [-0.4, -0.2) is 108 Å². The fraction of sp³-hybridized carbons (Fsp3) is 0.839. The average molecular weight is 627 g/mol. The number of aliphatic hydroxyl groups is 1. The number of esters is 1. The van der Waals surface area contributed by atoms with Gasteiger partial charge >= 0.3 is 5.97 Å². The summed E-state index contributed by atoms with van der Waals surface area (Å²) in [5.41, 5.74) is -2.70. The van der Waals surface area contributed by atoms with Gasteiger partial charge in [-0.15, -0.1) is 0 Å². The van der Waals surface area contributed by atoms with Crippen molar-refractivity contribution < 1.29 is 43.4 Å². The van der Waals surface area contributed by atoms with Crippen LogP contribution >= 0.6 is 0 Å². The van der Waals surface area contributed by atoms with E-state index in [4.69, 9.17) is 14.3 Å². The van der Waals surface area contributed by atoms with Gasteiger partial charge in [0.1, 0.15) is 24.2 Å². The quantitative estimate of drug-likeness (QED) is 0.241. The molecular formula is C31H54N4O9. The minimum absolute atomic E-state index is 0.0147. The van der Waals surface area contributed by atoms with Gasteiger partial charge in [-0.25, -0.2) is 9.86 Å². The van der Waals surface area contributed by atoms with Gasteiger partial charge in [-0.05, 0) is 72.1 Å². The lowest BCUT2D eigenvalue weighted by molar-refractivity contribution is -0.316. The highest BCUT2D eigenvalue weighted by Gasteiger charge is 2.54. The Bertz CT molecular complexity index is 1050. The zero-order valence-corrected chi connectivity index (χ0v) is 28.1. The Kier molecular flexibility index (Phi) is 13.2. The molecule has 3 fully saturated rings. The zero-order valence-electron chi connectivity index (χ0n) is 28.1. The van der Waals surface area contributed by atoms with Gasteiger partial charge in [0.2, 0.25) is 11.8 Å². The van der Waals surface area contributed by atoms with E-state index in [0.29, 0.717) is 12.8 Å². The first-order valence-electron chi connectivity index (χ1n) is 15.7. The number of hydrogen-bond donors (Lipinski definition) is 3. The van der Waals surface area contributed by atoms with Crippen LogP contribution in [0.15, 0.2) is 0 Å². The van der Waals surface area contributed by atoms with Gasteiger partial charge in [-0.2, -0.15) is 0 Å². The van der Waals surface area contributed by atoms with Crippen LogP contribution in [0.5, 0.6) is 0 Å². The number of hydroxylamine groups is 2. The summed E-state index contributed by atoms with van der Waals surface area (Å²) in [6.07, 6.45) is 2.41. The smallest absolute Gasteiger partial charge is 0.328 e. The number of nitrogens with zero attached hydrogens (tertiary/aromatic N) is 2. The van der Waals surface area contributed by atoms with E-state index in [1.165, 1.54) is 32.7 Å². The van der Waals surface area contributed by atoms with E-state index >= 15 is 0 Å². The van der Waals surface area contributed by atoms with Crippen molar-refractivity contribution in [3.63, 3.8) is 0 Å². The number of aliphatic hydroxyl groups excluding tert-OH is 1. The standard InChI is InChI=1S/C31H54N4O9/c1-11-12-22(42-10)14-13-19(3)24-30(6,7)28(40)33-20(4)26(38)35-17-31(8,44-35)29(41)34(9)23(18(2)15-16-36)25(37)32-21(5)27(39)43-24/h18-24,36H,11-17H2,1-10H3,(H,32,37)(H,33,40). The number of amides is 4. The number of carbonyl (C=O) groups excluding carboxylic acids is 5. The van der Waals surface area contributed by atoms with Crippen molar-refractivity contribution in [3.05, 3.63) is 0 Å². The number of nitrogens with one attached hydrogen (secondary N) is 2. The number of carbonyl (C=O) groups is 5. The maximum absolute atomic E-state index is 13.7. The summed E-state index contributed by atoms with van der Waals surface area (Å²) >= 11 is 0. The molecule has 0 saturated carbocycles. The van der Waals surface area contributed by atoms with Crippen molar-refractivity contribution in [2.45, 2.75) is 123 Å². The van der Waals surface area contributed by atoms with Gasteiger partial charge in [0.25, 0.3) is 11.8 Å². The lowest BCUT2D eigenvalue weighted by Crippen LogP contribution is -2.70. The molecule has 4 amide bonds. The van der Waals surface area contributed by atoms with E-state index in [1.54, 1.807) is 27.9 Å². The minimum atomic E-state index is -1.43. The summed E-state index contributed by atoms with van der Waals surface area (Å²) in [5, 5.41) is 16.0. The maximum Gasteiger partial charge on any atom is 0.328 e. The molecule has 0 aliphatic carbocycles. The first-order valence-corrected chi connectivity index (χ1v) is 15.7. The molecule has 3 saturated heterocycles. The van der Waals surface area contributed by atoms with E-state index < -0.39 is 70.8 Å². The van der Waals surface area contributed by atoms with E-state index in [2.05, 4.69) is 17.6 Å². The van der Waals surface area contributed by atoms with Crippen LogP contribution in [0.4, 0.5) is 0 Å². The van der Waals surface area contributed by atoms with E-state index in [9.17, 15) is 29.1 Å². The highest BCUT2D eigenvalue weighted by molar-refractivity contribution is 5.95. The Morgan fingerprint density at radius 2 is 1.59 bits per heavy atom. The van der Waals surface area contributed by atoms with Crippen LogP contribution < -0.4 is 10.6 Å². The third kappa shape index (κ3) is 8.48. The molecular weight excluding hydrogens is 572 g/mol. The van der Waals surface area contributed by atoms with Crippen LogP contribution in [-0.2, 0) is 38.3 Å². The summed E-state index contributed by atoms with van der Waals surface area (Å²) in [6, 6.07) is -3.16. The van der Waals surface area contributed by atoms with Crippen molar-refractivity contribution in [1.29, 1.82) is 0 Å². The number of hydrogen-bond acceptors (Lipinski definition) is 9. The second-order valence-corrected chi connectivity index (χ2v) is 13.3. The molecule has 3 N–H and O–H groups in total. The zero-order chi connectivity index (χ0) is 33.6. The molecule has 0 radical (unpaired) electrons. The Morgan fingerprint density at radius 3 is 2.14 bits per heavy atom. The van der Waals surface area contributed by atoms with Gasteiger partial charge in [0.05, 0.1) is 18.1 Å². The molecule has 0 aromatic heterocycles. The number of ether oxygens (including phenoxy) is 2. The Balaban J connectivity index is 2.49. The van der Waals surface area contributed by atoms with Crippen molar-refractivity contribution in [1.82, 2.24) is 20.6 Å². The second-order valence-electron chi connectivity index (χ2n) is 13.3. The molecule has 13 heteroatoms. The van der Waals surface area contributed by atoms with Crippen LogP contribution in [0.1, 0.15) is 87.5 Å². The fourth-order valence-corrected chi connectivity index (χ4v) is 6.07. The van der Waals surface area contributed by atoms with E-state index in [0.717, 1.165) is 17.9 Å². The van der Waals surface area contributed by atoms with Gasteiger partial charge < -0.3 is 30.1 Å². The molecule has 252 valence electrons. The van der Waals surface area contributed by atoms with Crippen molar-refractivity contribution >= 4 is 29.6 Å². The number of likely N-dealkylation sites (N-methyl/N-ethyl adjacent to an activating group) is 1. The third-order valence-electron chi connectivity index (χ3n) is 8.96. The molecule has 3 aliphatic heterocycles. The molecule has 8 unspecified atom stereocenters. The normalized spacial score (nSPS) is 30.8. The molecule has 0 spiro atoms. The summed E-state index contributed by atoms with van der Waals surface area (Å²) in [7, 11) is 3.11. The lowest BCUT2D eigenvalue weighted by Gasteiger charge is -2.48. The Morgan fingerprint density at radius 1 is 0.977 bits per heavy atom. The topological polar surface area (TPSA) is 164 Å². The number of fused-ring (bicyclic) bond motifs is 13. The molecule has 3 heterocycles. The van der Waals surface area contributed by atoms with Gasteiger partial charge in [-0.3, -0.25) is 24.0 Å². The predicted molar refractivity (Wildman–Crippen MR) is 162 cm³/mol. The van der Waals surface area contributed by atoms with Crippen molar-refractivity contribution in [2.75, 3.05) is 27.3 Å². The first-order chi connectivity index (χ1) is 20.4. The molecule has 0 aromatic carbocycles. The van der Waals surface area contributed by atoms with Gasteiger partial charge in [-0.1, -0.05) is 27.2 Å². The summed E-state index contributed by atoms with van der Waals surface area (Å²) in [6.45, 7) is 13.2. The van der Waals surface area contributed by atoms with E-state index in [-0.39, 0.29) is 31.6 Å². The number of methoxy groups -OCH3 is 1. The second kappa shape index (κ2) is 15.5. The molecule has 0 aromatic rings. The highest BCUT2D eigenvalue weighted by atomic mass is 16.7. The summed E-state index contributed by atoms with van der Waals surface area (Å²) in [4.78, 5) is 74.4. The first kappa shape index (κ1) is 37.4.